The van der Waals surface area contributed by atoms with Gasteiger partial charge in [0.1, 0.15) is 36.4 Å². The van der Waals surface area contributed by atoms with Crippen molar-refractivity contribution in [1.82, 2.24) is 0 Å². The second-order valence-electron chi connectivity index (χ2n) is 8.64. The number of amides is 1. The third-order valence-corrected chi connectivity index (χ3v) is 6.55. The van der Waals surface area contributed by atoms with E-state index >= 15 is 0 Å². The number of nitrogens with one attached hydrogen (secondary N) is 1. The Kier molecular flexibility index (Phi) is 9.51. The Morgan fingerprint density at radius 1 is 0.872 bits per heavy atom. The summed E-state index contributed by atoms with van der Waals surface area (Å²) in [5.41, 5.74) is 4.03. The first-order valence-corrected chi connectivity index (χ1v) is 13.0. The molecule has 0 unspecified atom stereocenters. The molecule has 0 bridgehead atoms. The zero-order valence-electron chi connectivity index (χ0n) is 20.9. The van der Waals surface area contributed by atoms with Crippen molar-refractivity contribution in [1.29, 1.82) is 5.26 Å². The van der Waals surface area contributed by atoms with Gasteiger partial charge in [-0.2, -0.15) is 5.26 Å². The molecule has 0 saturated heterocycles. The zero-order chi connectivity index (χ0) is 27.8. The summed E-state index contributed by atoms with van der Waals surface area (Å²) in [6.07, 6.45) is 1.47. The Morgan fingerprint density at radius 3 is 2.28 bits per heavy atom. The molecule has 196 valence electrons. The van der Waals surface area contributed by atoms with Gasteiger partial charge in [-0.05, 0) is 72.7 Å². The first kappa shape index (κ1) is 28.1. The fourth-order valence-electron chi connectivity index (χ4n) is 3.52. The number of anilines is 1. The second-order valence-corrected chi connectivity index (χ2v) is 9.89. The molecule has 0 spiro atoms. The minimum Gasteiger partial charge on any atom is -0.489 e. The molecule has 5 nitrogen and oxygen atoms in total. The van der Waals surface area contributed by atoms with E-state index in [0.717, 1.165) is 11.1 Å². The van der Waals surface area contributed by atoms with E-state index in [9.17, 15) is 10.1 Å². The maximum atomic E-state index is 12.7. The molecule has 0 aromatic heterocycles. The highest BCUT2D eigenvalue weighted by Crippen LogP contribution is 2.28. The molecule has 0 aliphatic rings. The summed E-state index contributed by atoms with van der Waals surface area (Å²) in [6.45, 7) is 2.66. The summed E-state index contributed by atoms with van der Waals surface area (Å²) in [5, 5.41) is 13.7. The average molecular weight is 578 g/mol. The maximum absolute atomic E-state index is 12.7. The molecule has 1 N–H and O–H groups in total. The Labute approximate surface area is 242 Å². The van der Waals surface area contributed by atoms with Gasteiger partial charge in [0, 0.05) is 21.3 Å². The van der Waals surface area contributed by atoms with Gasteiger partial charge in [-0.15, -0.1) is 0 Å². The molecule has 4 aromatic carbocycles. The Balaban J connectivity index is 1.35. The second kappa shape index (κ2) is 13.2. The van der Waals surface area contributed by atoms with Gasteiger partial charge in [0.25, 0.3) is 5.91 Å². The number of rotatable bonds is 9. The van der Waals surface area contributed by atoms with Crippen LogP contribution in [0.4, 0.5) is 5.69 Å². The predicted molar refractivity (Wildman–Crippen MR) is 156 cm³/mol. The molecule has 0 aliphatic carbocycles. The Morgan fingerprint density at radius 2 is 1.62 bits per heavy atom. The number of nitriles is 1. The molecular formula is C31H23Cl3N2O3. The van der Waals surface area contributed by atoms with E-state index in [1.807, 2.05) is 37.3 Å². The molecule has 4 aromatic rings. The monoisotopic (exact) mass is 576 g/mol. The summed E-state index contributed by atoms with van der Waals surface area (Å²) in [4.78, 5) is 12.7. The van der Waals surface area contributed by atoms with E-state index in [0.29, 0.717) is 44.4 Å². The van der Waals surface area contributed by atoms with Crippen LogP contribution >= 0.6 is 34.8 Å². The maximum Gasteiger partial charge on any atom is 0.266 e. The van der Waals surface area contributed by atoms with Crippen LogP contribution in [0.1, 0.15) is 22.3 Å². The lowest BCUT2D eigenvalue weighted by Gasteiger charge is -2.10. The SMILES string of the molecule is Cc1ccc(COc2ccc(/C=C(\C#N)C(=O)Nc3ccc(OCc4ccc(Cl)cc4Cl)cc3)cc2Cl)cc1. The van der Waals surface area contributed by atoms with Crippen molar-refractivity contribution in [2.45, 2.75) is 20.1 Å². The summed E-state index contributed by atoms with van der Waals surface area (Å²) in [6, 6.07) is 27.1. The van der Waals surface area contributed by atoms with Crippen LogP contribution in [0.3, 0.4) is 0 Å². The van der Waals surface area contributed by atoms with Gasteiger partial charge in [0.2, 0.25) is 0 Å². The highest BCUT2D eigenvalue weighted by atomic mass is 35.5. The summed E-state index contributed by atoms with van der Waals surface area (Å²) in [5.74, 6) is 0.558. The minimum absolute atomic E-state index is 0.0721. The first-order valence-electron chi connectivity index (χ1n) is 11.9. The van der Waals surface area contributed by atoms with Crippen LogP contribution in [-0.4, -0.2) is 5.91 Å². The molecular weight excluding hydrogens is 555 g/mol. The van der Waals surface area contributed by atoms with Gasteiger partial charge in [0.15, 0.2) is 0 Å². The molecule has 39 heavy (non-hydrogen) atoms. The van der Waals surface area contributed by atoms with Crippen LogP contribution in [0.15, 0.2) is 90.5 Å². The molecule has 0 aliphatic heterocycles. The number of carbonyl (C=O) groups is 1. The average Bonchev–Trinajstić information content (AvgIpc) is 2.92. The largest absolute Gasteiger partial charge is 0.489 e. The fraction of sp³-hybridized carbons (Fsp3) is 0.0968. The van der Waals surface area contributed by atoms with Gasteiger partial charge < -0.3 is 14.8 Å². The predicted octanol–water partition coefficient (Wildman–Crippen LogP) is 8.66. The van der Waals surface area contributed by atoms with E-state index < -0.39 is 5.91 Å². The van der Waals surface area contributed by atoms with Crippen molar-refractivity contribution in [2.75, 3.05) is 5.32 Å². The lowest BCUT2D eigenvalue weighted by molar-refractivity contribution is -0.112. The van der Waals surface area contributed by atoms with Crippen molar-refractivity contribution >= 4 is 52.5 Å². The van der Waals surface area contributed by atoms with Gasteiger partial charge in [-0.1, -0.05) is 76.8 Å². The minimum atomic E-state index is -0.546. The van der Waals surface area contributed by atoms with E-state index in [1.165, 1.54) is 11.6 Å². The van der Waals surface area contributed by atoms with E-state index in [1.54, 1.807) is 60.7 Å². The standard InChI is InChI=1S/C31H23Cl3N2O3/c1-20-2-4-21(5-3-20)18-39-30-13-6-22(15-29(30)34)14-24(17-35)31(37)36-26-9-11-27(12-10-26)38-19-23-7-8-25(32)16-28(23)33/h2-16H,18-19H2,1H3,(H,36,37)/b24-14+. The lowest BCUT2D eigenvalue weighted by atomic mass is 10.1. The molecule has 8 heteroatoms. The highest BCUT2D eigenvalue weighted by molar-refractivity contribution is 6.35. The van der Waals surface area contributed by atoms with Crippen LogP contribution in [-0.2, 0) is 18.0 Å². The molecule has 0 atom stereocenters. The number of hydrogen-bond donors (Lipinski definition) is 1. The first-order chi connectivity index (χ1) is 18.8. The number of hydrogen-bond acceptors (Lipinski definition) is 4. The van der Waals surface area contributed by atoms with Gasteiger partial charge in [-0.3, -0.25) is 4.79 Å². The quantitative estimate of drug-likeness (QED) is 0.160. The number of carbonyl (C=O) groups excluding carboxylic acids is 1. The Hall–Kier alpha value is -3.95. The fourth-order valence-corrected chi connectivity index (χ4v) is 4.22. The summed E-state index contributed by atoms with van der Waals surface area (Å²) >= 11 is 18.5. The molecule has 1 amide bonds. The lowest BCUT2D eigenvalue weighted by Crippen LogP contribution is -2.13. The van der Waals surface area contributed by atoms with Crippen LogP contribution < -0.4 is 14.8 Å². The molecule has 4 rings (SSSR count). The molecule has 0 saturated carbocycles. The number of benzene rings is 4. The summed E-state index contributed by atoms with van der Waals surface area (Å²) in [7, 11) is 0. The third kappa shape index (κ3) is 8.02. The van der Waals surface area contributed by atoms with Crippen molar-refractivity contribution in [2.24, 2.45) is 0 Å². The van der Waals surface area contributed by atoms with Crippen LogP contribution in [0, 0.1) is 18.3 Å². The third-order valence-electron chi connectivity index (χ3n) is 5.67. The Bertz CT molecular complexity index is 1540. The number of halogens is 3. The molecule has 0 radical (unpaired) electrons. The van der Waals surface area contributed by atoms with Crippen molar-refractivity contribution in [3.05, 3.63) is 128 Å². The van der Waals surface area contributed by atoms with E-state index in [2.05, 4.69) is 5.32 Å². The van der Waals surface area contributed by atoms with E-state index in [-0.39, 0.29) is 12.2 Å². The normalized spacial score (nSPS) is 11.0. The topological polar surface area (TPSA) is 71.3 Å². The van der Waals surface area contributed by atoms with E-state index in [4.69, 9.17) is 44.3 Å². The van der Waals surface area contributed by atoms with Crippen LogP contribution in [0.2, 0.25) is 15.1 Å². The molecule has 0 fully saturated rings. The zero-order valence-corrected chi connectivity index (χ0v) is 23.1. The van der Waals surface area contributed by atoms with Crippen molar-refractivity contribution < 1.29 is 14.3 Å². The highest BCUT2D eigenvalue weighted by Gasteiger charge is 2.11. The number of aryl methyl sites for hydroxylation is 1. The van der Waals surface area contributed by atoms with Gasteiger partial charge in [-0.25, -0.2) is 0 Å². The smallest absolute Gasteiger partial charge is 0.266 e. The van der Waals surface area contributed by atoms with Crippen molar-refractivity contribution in [3.8, 4) is 17.6 Å². The van der Waals surface area contributed by atoms with Crippen LogP contribution in [0.5, 0.6) is 11.5 Å². The van der Waals surface area contributed by atoms with Crippen molar-refractivity contribution in [3.63, 3.8) is 0 Å². The number of nitrogens with zero attached hydrogens (tertiary/aromatic N) is 1. The van der Waals surface area contributed by atoms with Gasteiger partial charge in [0.05, 0.1) is 5.02 Å². The molecule has 0 heterocycles. The van der Waals surface area contributed by atoms with Gasteiger partial charge >= 0.3 is 0 Å². The number of ether oxygens (including phenoxy) is 2. The van der Waals surface area contributed by atoms with Crippen LogP contribution in [0.25, 0.3) is 6.08 Å². The summed E-state index contributed by atoms with van der Waals surface area (Å²) < 4.78 is 11.6.